The summed E-state index contributed by atoms with van der Waals surface area (Å²) in [7, 11) is 0. The van der Waals surface area contributed by atoms with E-state index in [1.165, 1.54) is 0 Å². The number of thiol groups is 1. The Morgan fingerprint density at radius 2 is 1.94 bits per heavy atom. The minimum atomic E-state index is -4.60. The van der Waals surface area contributed by atoms with Crippen molar-refractivity contribution >= 4 is 18.3 Å². The van der Waals surface area contributed by atoms with E-state index in [1.807, 2.05) is 0 Å². The summed E-state index contributed by atoms with van der Waals surface area (Å²) >= 11 is 3.87. The van der Waals surface area contributed by atoms with Crippen LogP contribution >= 0.6 is 12.6 Å². The van der Waals surface area contributed by atoms with Crippen LogP contribution in [0, 0.1) is 17.7 Å². The van der Waals surface area contributed by atoms with E-state index in [2.05, 4.69) is 24.5 Å². The molecule has 0 atom stereocenters. The molecule has 0 aromatic heterocycles. The zero-order chi connectivity index (χ0) is 13.1. The third-order valence-electron chi connectivity index (χ3n) is 1.90. The minimum Gasteiger partial charge on any atom is -0.396 e. The molecule has 2 N–H and O–H groups in total. The van der Waals surface area contributed by atoms with E-state index in [0.29, 0.717) is 24.3 Å². The number of benzene rings is 1. The molecule has 92 valence electrons. The normalized spacial score (nSPS) is 10.9. The van der Waals surface area contributed by atoms with Crippen molar-refractivity contribution in [1.29, 1.82) is 0 Å². The molecular formula is C11H9F4NS. The van der Waals surface area contributed by atoms with Gasteiger partial charge in [0.2, 0.25) is 0 Å². The average molecular weight is 263 g/mol. The van der Waals surface area contributed by atoms with Crippen LogP contribution in [0.1, 0.15) is 17.5 Å². The maximum absolute atomic E-state index is 13.1. The molecule has 0 heterocycles. The number of hydrogen-bond acceptors (Lipinski definition) is 2. The molecule has 0 saturated heterocycles. The predicted octanol–water partition coefficient (Wildman–Crippen LogP) is 3.10. The lowest BCUT2D eigenvalue weighted by Gasteiger charge is -2.10. The topological polar surface area (TPSA) is 26.0 Å². The highest BCUT2D eigenvalue weighted by molar-refractivity contribution is 7.80. The van der Waals surface area contributed by atoms with Crippen LogP contribution < -0.4 is 5.73 Å². The maximum Gasteiger partial charge on any atom is 0.417 e. The molecule has 0 bridgehead atoms. The molecule has 0 saturated carbocycles. The van der Waals surface area contributed by atoms with Crippen LogP contribution in [0.4, 0.5) is 23.2 Å². The number of nitrogen functional groups attached to an aromatic ring is 1. The van der Waals surface area contributed by atoms with Crippen LogP contribution in [0.2, 0.25) is 0 Å². The van der Waals surface area contributed by atoms with Crippen molar-refractivity contribution in [3.8, 4) is 11.8 Å². The Balaban J connectivity index is 3.28. The van der Waals surface area contributed by atoms with Gasteiger partial charge in [-0.3, -0.25) is 0 Å². The van der Waals surface area contributed by atoms with Gasteiger partial charge in [0, 0.05) is 17.7 Å². The van der Waals surface area contributed by atoms with Crippen molar-refractivity contribution in [3.05, 3.63) is 29.1 Å². The Morgan fingerprint density at radius 3 is 2.47 bits per heavy atom. The molecule has 0 spiro atoms. The first kappa shape index (κ1) is 13.7. The quantitative estimate of drug-likeness (QED) is 0.346. The maximum atomic E-state index is 13.1. The Labute approximate surface area is 101 Å². The van der Waals surface area contributed by atoms with Crippen molar-refractivity contribution in [3.63, 3.8) is 0 Å². The van der Waals surface area contributed by atoms with E-state index in [0.717, 1.165) is 0 Å². The first-order chi connectivity index (χ1) is 7.86. The SMILES string of the molecule is Nc1cc(C(F)(F)F)c(C#CCCS)cc1F. The number of nitrogens with two attached hydrogens (primary N) is 1. The van der Waals surface area contributed by atoms with Crippen molar-refractivity contribution in [2.75, 3.05) is 11.5 Å². The molecule has 1 aromatic rings. The summed E-state index contributed by atoms with van der Waals surface area (Å²) in [5.41, 5.74) is 3.13. The van der Waals surface area contributed by atoms with E-state index < -0.39 is 28.8 Å². The summed E-state index contributed by atoms with van der Waals surface area (Å²) in [5.74, 6) is 4.26. The fourth-order valence-electron chi connectivity index (χ4n) is 1.14. The van der Waals surface area contributed by atoms with Crippen LogP contribution in [-0.2, 0) is 6.18 Å². The fourth-order valence-corrected chi connectivity index (χ4v) is 1.25. The molecule has 0 radical (unpaired) electrons. The molecule has 1 nitrogen and oxygen atoms in total. The first-order valence-corrected chi connectivity index (χ1v) is 5.25. The lowest BCUT2D eigenvalue weighted by atomic mass is 10.1. The Hall–Kier alpha value is -1.35. The van der Waals surface area contributed by atoms with Gasteiger partial charge in [-0.2, -0.15) is 25.8 Å². The van der Waals surface area contributed by atoms with Crippen LogP contribution in [0.15, 0.2) is 12.1 Å². The van der Waals surface area contributed by atoms with Gasteiger partial charge < -0.3 is 5.73 Å². The molecule has 6 heteroatoms. The van der Waals surface area contributed by atoms with Crippen molar-refractivity contribution in [2.45, 2.75) is 12.6 Å². The van der Waals surface area contributed by atoms with Gasteiger partial charge in [-0.1, -0.05) is 11.8 Å². The summed E-state index contributed by atoms with van der Waals surface area (Å²) in [4.78, 5) is 0. The molecule has 0 unspecified atom stereocenters. The van der Waals surface area contributed by atoms with E-state index in [4.69, 9.17) is 5.73 Å². The smallest absolute Gasteiger partial charge is 0.396 e. The van der Waals surface area contributed by atoms with Gasteiger partial charge in [-0.25, -0.2) is 4.39 Å². The van der Waals surface area contributed by atoms with Gasteiger partial charge in [0.05, 0.1) is 11.3 Å². The van der Waals surface area contributed by atoms with E-state index in [9.17, 15) is 17.6 Å². The van der Waals surface area contributed by atoms with Gasteiger partial charge in [-0.05, 0) is 12.1 Å². The fraction of sp³-hybridized carbons (Fsp3) is 0.273. The molecular weight excluding hydrogens is 254 g/mol. The van der Waals surface area contributed by atoms with Crippen LogP contribution in [0.25, 0.3) is 0 Å². The minimum absolute atomic E-state index is 0.326. The number of rotatable bonds is 1. The van der Waals surface area contributed by atoms with E-state index in [1.54, 1.807) is 0 Å². The van der Waals surface area contributed by atoms with Crippen LogP contribution in [-0.4, -0.2) is 5.75 Å². The second-order valence-corrected chi connectivity index (χ2v) is 3.64. The molecule has 17 heavy (non-hydrogen) atoms. The Morgan fingerprint density at radius 1 is 1.29 bits per heavy atom. The van der Waals surface area contributed by atoms with Crippen molar-refractivity contribution < 1.29 is 17.6 Å². The molecule has 1 aromatic carbocycles. The summed E-state index contributed by atoms with van der Waals surface area (Å²) in [6.45, 7) is 0. The van der Waals surface area contributed by atoms with Gasteiger partial charge in [0.1, 0.15) is 5.82 Å². The standard InChI is InChI=1S/C11H9F4NS/c12-9-5-7(3-1-2-4-17)8(6-10(9)16)11(13,14)15/h5-6,17H,2,4,16H2. The molecule has 0 aliphatic rings. The molecule has 0 aliphatic heterocycles. The summed E-state index contributed by atoms with van der Waals surface area (Å²) in [5, 5.41) is 0. The predicted molar refractivity (Wildman–Crippen MR) is 61.2 cm³/mol. The highest BCUT2D eigenvalue weighted by Gasteiger charge is 2.34. The molecule has 0 amide bonds. The summed E-state index contributed by atoms with van der Waals surface area (Å²) in [6.07, 6.45) is -4.28. The third-order valence-corrected chi connectivity index (χ3v) is 2.13. The summed E-state index contributed by atoms with van der Waals surface area (Å²) in [6, 6.07) is 1.25. The Kier molecular flexibility index (Phi) is 4.29. The summed E-state index contributed by atoms with van der Waals surface area (Å²) < 4.78 is 50.9. The lowest BCUT2D eigenvalue weighted by molar-refractivity contribution is -0.137. The molecule has 1 rings (SSSR count). The van der Waals surface area contributed by atoms with Gasteiger partial charge >= 0.3 is 6.18 Å². The number of anilines is 1. The number of alkyl halides is 3. The van der Waals surface area contributed by atoms with Crippen molar-refractivity contribution in [1.82, 2.24) is 0 Å². The monoisotopic (exact) mass is 263 g/mol. The third kappa shape index (κ3) is 3.56. The average Bonchev–Trinajstić information content (AvgIpc) is 2.21. The second-order valence-electron chi connectivity index (χ2n) is 3.19. The van der Waals surface area contributed by atoms with Crippen LogP contribution in [0.3, 0.4) is 0 Å². The zero-order valence-electron chi connectivity index (χ0n) is 8.61. The Bertz CT molecular complexity index is 471. The second kappa shape index (κ2) is 5.32. The molecule has 0 aliphatic carbocycles. The molecule has 0 fully saturated rings. The van der Waals surface area contributed by atoms with Gasteiger partial charge in [0.15, 0.2) is 0 Å². The number of hydrogen-bond donors (Lipinski definition) is 2. The highest BCUT2D eigenvalue weighted by atomic mass is 32.1. The van der Waals surface area contributed by atoms with E-state index in [-0.39, 0.29) is 0 Å². The van der Waals surface area contributed by atoms with E-state index >= 15 is 0 Å². The van der Waals surface area contributed by atoms with Crippen LogP contribution in [0.5, 0.6) is 0 Å². The van der Waals surface area contributed by atoms with Gasteiger partial charge in [0.25, 0.3) is 0 Å². The first-order valence-electron chi connectivity index (χ1n) is 4.62. The van der Waals surface area contributed by atoms with Crippen molar-refractivity contribution in [2.24, 2.45) is 0 Å². The lowest BCUT2D eigenvalue weighted by Crippen LogP contribution is -2.09. The highest BCUT2D eigenvalue weighted by Crippen LogP contribution is 2.33. The van der Waals surface area contributed by atoms with Gasteiger partial charge in [-0.15, -0.1) is 0 Å². The number of halogens is 4. The zero-order valence-corrected chi connectivity index (χ0v) is 9.50. The largest absolute Gasteiger partial charge is 0.417 e.